The summed E-state index contributed by atoms with van der Waals surface area (Å²) in [4.78, 5) is 0. The van der Waals surface area contributed by atoms with Crippen LogP contribution in [0.15, 0.2) is 22.7 Å². The third kappa shape index (κ3) is 2.09. The topological polar surface area (TPSA) is 70.5 Å². The van der Waals surface area contributed by atoms with Crippen LogP contribution in [0.2, 0.25) is 0 Å². The quantitative estimate of drug-likeness (QED) is 0.904. The first kappa shape index (κ1) is 12.2. The van der Waals surface area contributed by atoms with Crippen LogP contribution in [-0.2, 0) is 6.67 Å². The molecule has 0 spiro atoms. The zero-order valence-electron chi connectivity index (χ0n) is 10.1. The van der Waals surface area contributed by atoms with Gasteiger partial charge in [0.25, 0.3) is 0 Å². The van der Waals surface area contributed by atoms with Crippen molar-refractivity contribution in [2.75, 3.05) is 20.0 Å². The highest BCUT2D eigenvalue weighted by Gasteiger charge is 2.15. The molecule has 0 aliphatic rings. The summed E-state index contributed by atoms with van der Waals surface area (Å²) in [7, 11) is 2.97. The van der Waals surface area contributed by atoms with Gasteiger partial charge in [-0.1, -0.05) is 5.16 Å². The summed E-state index contributed by atoms with van der Waals surface area (Å²) in [6.45, 7) is -0.638. The Kier molecular flexibility index (Phi) is 3.36. The van der Waals surface area contributed by atoms with E-state index < -0.39 is 6.67 Å². The fourth-order valence-electron chi connectivity index (χ4n) is 1.68. The Morgan fingerprint density at radius 3 is 2.44 bits per heavy atom. The molecule has 1 aromatic heterocycles. The third-order valence-corrected chi connectivity index (χ3v) is 2.55. The summed E-state index contributed by atoms with van der Waals surface area (Å²) in [5.74, 6) is 1.10. The molecule has 5 nitrogen and oxygen atoms in total. The van der Waals surface area contributed by atoms with Gasteiger partial charge in [-0.15, -0.1) is 0 Å². The average Bonchev–Trinajstić information content (AvgIpc) is 2.83. The van der Waals surface area contributed by atoms with Crippen LogP contribution in [0, 0.1) is 0 Å². The lowest BCUT2D eigenvalue weighted by molar-refractivity contribution is 0.385. The molecule has 2 aromatic rings. The van der Waals surface area contributed by atoms with Crippen molar-refractivity contribution in [3.8, 4) is 22.8 Å². The van der Waals surface area contributed by atoms with E-state index in [0.717, 1.165) is 0 Å². The van der Waals surface area contributed by atoms with Gasteiger partial charge in [0.1, 0.15) is 23.9 Å². The zero-order valence-corrected chi connectivity index (χ0v) is 10.1. The number of nitrogen functional groups attached to an aromatic ring is 1. The van der Waals surface area contributed by atoms with Gasteiger partial charge in [-0.05, 0) is 12.1 Å². The van der Waals surface area contributed by atoms with Crippen LogP contribution in [-0.4, -0.2) is 19.4 Å². The number of nitrogens with two attached hydrogens (primary N) is 1. The van der Waals surface area contributed by atoms with Crippen LogP contribution >= 0.6 is 0 Å². The van der Waals surface area contributed by atoms with Gasteiger partial charge in [-0.2, -0.15) is 0 Å². The van der Waals surface area contributed by atoms with Gasteiger partial charge in [-0.25, -0.2) is 4.39 Å². The molecule has 0 saturated carbocycles. The molecule has 1 heterocycles. The van der Waals surface area contributed by atoms with Crippen LogP contribution in [0.5, 0.6) is 11.5 Å². The summed E-state index contributed by atoms with van der Waals surface area (Å²) >= 11 is 0. The number of ether oxygens (including phenoxy) is 2. The van der Waals surface area contributed by atoms with E-state index in [1.807, 2.05) is 0 Å². The van der Waals surface area contributed by atoms with Crippen LogP contribution in [0.1, 0.15) is 5.56 Å². The van der Waals surface area contributed by atoms with Crippen molar-refractivity contribution in [2.45, 2.75) is 6.67 Å². The van der Waals surface area contributed by atoms with E-state index in [0.29, 0.717) is 28.3 Å². The van der Waals surface area contributed by atoms with E-state index in [1.54, 1.807) is 18.2 Å². The Bertz CT molecular complexity index is 554. The lowest BCUT2D eigenvalue weighted by Crippen LogP contribution is -1.95. The number of benzene rings is 1. The molecule has 2 rings (SSSR count). The largest absolute Gasteiger partial charge is 0.496 e. The van der Waals surface area contributed by atoms with Crippen molar-refractivity contribution in [3.05, 3.63) is 23.8 Å². The van der Waals surface area contributed by atoms with Crippen LogP contribution in [0.4, 0.5) is 10.3 Å². The minimum Gasteiger partial charge on any atom is -0.496 e. The Hall–Kier alpha value is -2.24. The highest BCUT2D eigenvalue weighted by molar-refractivity contribution is 5.71. The molecule has 0 radical (unpaired) electrons. The minimum absolute atomic E-state index is 0.195. The summed E-state index contributed by atoms with van der Waals surface area (Å²) < 4.78 is 28.0. The van der Waals surface area contributed by atoms with Crippen LogP contribution in [0.3, 0.4) is 0 Å². The first-order valence-corrected chi connectivity index (χ1v) is 5.23. The maximum Gasteiger partial charge on any atom is 0.222 e. The van der Waals surface area contributed by atoms with Gasteiger partial charge >= 0.3 is 0 Å². The van der Waals surface area contributed by atoms with Crippen molar-refractivity contribution in [2.24, 2.45) is 0 Å². The minimum atomic E-state index is -0.638. The molecule has 0 fully saturated rings. The summed E-state index contributed by atoms with van der Waals surface area (Å²) in [6.07, 6.45) is 0. The third-order valence-electron chi connectivity index (χ3n) is 2.55. The van der Waals surface area contributed by atoms with Gasteiger partial charge in [0, 0.05) is 17.2 Å². The number of halogens is 1. The SMILES string of the molecule is COc1cc(-c2cc(N)on2)c(OC)cc1CF. The molecule has 96 valence electrons. The van der Waals surface area contributed by atoms with Crippen molar-refractivity contribution in [3.63, 3.8) is 0 Å². The molecule has 0 unspecified atom stereocenters. The number of nitrogens with zero attached hydrogens (tertiary/aromatic N) is 1. The normalized spacial score (nSPS) is 10.4. The summed E-state index contributed by atoms with van der Waals surface area (Å²) in [5.41, 5.74) is 7.02. The molecule has 18 heavy (non-hydrogen) atoms. The van der Waals surface area contributed by atoms with E-state index in [1.165, 1.54) is 14.2 Å². The van der Waals surface area contributed by atoms with Crippen molar-refractivity contribution >= 4 is 5.88 Å². The second-order valence-corrected chi connectivity index (χ2v) is 3.61. The molecule has 0 aliphatic carbocycles. The van der Waals surface area contributed by atoms with Gasteiger partial charge in [-0.3, -0.25) is 0 Å². The molecule has 2 N–H and O–H groups in total. The molecule has 0 atom stereocenters. The maximum absolute atomic E-state index is 12.8. The molecule has 0 saturated heterocycles. The Balaban J connectivity index is 2.58. The monoisotopic (exact) mass is 252 g/mol. The summed E-state index contributed by atoms with van der Waals surface area (Å²) in [5, 5.41) is 3.80. The standard InChI is InChI=1S/C12H13FN2O3/c1-16-10-4-8(9-5-12(14)18-15-9)11(17-2)3-7(10)6-13/h3-5H,6,14H2,1-2H3. The van der Waals surface area contributed by atoms with E-state index in [2.05, 4.69) is 5.16 Å². The van der Waals surface area contributed by atoms with Gasteiger partial charge in [0.05, 0.1) is 14.2 Å². The van der Waals surface area contributed by atoms with E-state index in [9.17, 15) is 4.39 Å². The van der Waals surface area contributed by atoms with E-state index >= 15 is 0 Å². The molecule has 0 aliphatic heterocycles. The van der Waals surface area contributed by atoms with Crippen LogP contribution in [0.25, 0.3) is 11.3 Å². The zero-order chi connectivity index (χ0) is 13.1. The van der Waals surface area contributed by atoms with Gasteiger partial charge < -0.3 is 19.7 Å². The predicted octanol–water partition coefficient (Wildman–Crippen LogP) is 2.41. The fourth-order valence-corrected chi connectivity index (χ4v) is 1.68. The maximum atomic E-state index is 12.8. The van der Waals surface area contributed by atoms with Crippen LogP contribution < -0.4 is 15.2 Å². The molecular weight excluding hydrogens is 239 g/mol. The second kappa shape index (κ2) is 4.95. The lowest BCUT2D eigenvalue weighted by atomic mass is 10.1. The molecular formula is C12H13FN2O3. The van der Waals surface area contributed by atoms with Gasteiger partial charge in [0.2, 0.25) is 5.88 Å². The first-order valence-electron chi connectivity index (χ1n) is 5.23. The smallest absolute Gasteiger partial charge is 0.222 e. The van der Waals surface area contributed by atoms with Crippen molar-refractivity contribution in [1.29, 1.82) is 0 Å². The summed E-state index contributed by atoms with van der Waals surface area (Å²) in [6, 6.07) is 4.77. The number of hydrogen-bond donors (Lipinski definition) is 1. The number of anilines is 1. The first-order chi connectivity index (χ1) is 8.69. The molecule has 6 heteroatoms. The number of methoxy groups -OCH3 is 2. The predicted molar refractivity (Wildman–Crippen MR) is 64.3 cm³/mol. The molecule has 1 aromatic carbocycles. The highest BCUT2D eigenvalue weighted by Crippen LogP contribution is 2.36. The number of aromatic nitrogens is 1. The van der Waals surface area contributed by atoms with Gasteiger partial charge in [0.15, 0.2) is 0 Å². The number of hydrogen-bond acceptors (Lipinski definition) is 5. The average molecular weight is 252 g/mol. The van der Waals surface area contributed by atoms with E-state index in [-0.39, 0.29) is 5.88 Å². The fraction of sp³-hybridized carbons (Fsp3) is 0.250. The molecule has 0 amide bonds. The molecule has 0 bridgehead atoms. The number of alkyl halides is 1. The van der Waals surface area contributed by atoms with Crippen molar-refractivity contribution in [1.82, 2.24) is 5.16 Å². The number of rotatable bonds is 4. The second-order valence-electron chi connectivity index (χ2n) is 3.61. The van der Waals surface area contributed by atoms with E-state index in [4.69, 9.17) is 19.7 Å². The Morgan fingerprint density at radius 2 is 1.94 bits per heavy atom. The Morgan fingerprint density at radius 1 is 1.22 bits per heavy atom. The van der Waals surface area contributed by atoms with Crippen molar-refractivity contribution < 1.29 is 18.4 Å². The highest BCUT2D eigenvalue weighted by atomic mass is 19.1. The lowest BCUT2D eigenvalue weighted by Gasteiger charge is -2.11. The Labute approximate surface area is 103 Å².